The molecule has 2 rings (SSSR count). The van der Waals surface area contributed by atoms with E-state index in [2.05, 4.69) is 19.9 Å². The number of hydrogen-bond donors (Lipinski definition) is 2. The Labute approximate surface area is 259 Å². The van der Waals surface area contributed by atoms with Gasteiger partial charge in [0, 0.05) is 0 Å². The molecule has 226 valence electrons. The fourth-order valence-corrected chi connectivity index (χ4v) is 5.16. The number of phenols is 2. The zero-order valence-corrected chi connectivity index (χ0v) is 27.5. The van der Waals surface area contributed by atoms with Gasteiger partial charge in [0.25, 0.3) is 0 Å². The van der Waals surface area contributed by atoms with Crippen LogP contribution in [0.5, 0.6) is 11.5 Å². The van der Waals surface area contributed by atoms with Crippen molar-refractivity contribution in [3.05, 3.63) is 59.7 Å². The van der Waals surface area contributed by atoms with Gasteiger partial charge in [0.2, 0.25) is 0 Å². The number of para-hydroxylation sites is 1. The number of aromatic hydroxyl groups is 2. The molecule has 3 nitrogen and oxygen atoms in total. The molecule has 0 aliphatic heterocycles. The molecule has 0 aliphatic carbocycles. The van der Waals surface area contributed by atoms with E-state index in [4.69, 9.17) is 8.43 Å². The Bertz CT molecular complexity index is 781. The van der Waals surface area contributed by atoms with Crippen molar-refractivity contribution >= 4 is 0 Å². The van der Waals surface area contributed by atoms with Crippen molar-refractivity contribution in [3.8, 4) is 11.5 Å². The van der Waals surface area contributed by atoms with Crippen LogP contribution in [0.2, 0.25) is 0 Å². The van der Waals surface area contributed by atoms with Gasteiger partial charge in [-0.15, -0.1) is 0 Å². The Morgan fingerprint density at radius 3 is 1.27 bits per heavy atom. The van der Waals surface area contributed by atoms with Crippen LogP contribution >= 0.6 is 0 Å². The first-order chi connectivity index (χ1) is 19.7. The Morgan fingerprint density at radius 2 is 0.875 bits per heavy atom. The second-order valence-electron chi connectivity index (χ2n) is 11.1. The first kappa shape index (κ1) is 38.6. The van der Waals surface area contributed by atoms with Crippen molar-refractivity contribution in [1.29, 1.82) is 0 Å². The molecular formula is C36H60O3Ti. The maximum atomic E-state index is 10.4. The first-order valence-electron chi connectivity index (χ1n) is 16.4. The van der Waals surface area contributed by atoms with Crippen LogP contribution in [0.25, 0.3) is 0 Å². The van der Waals surface area contributed by atoms with Crippen LogP contribution in [0.4, 0.5) is 0 Å². The molecular weight excluding hydrogens is 528 g/mol. The van der Waals surface area contributed by atoms with Crippen LogP contribution in [-0.4, -0.2) is 10.2 Å². The monoisotopic (exact) mass is 588 g/mol. The number of hydrogen-bond acceptors (Lipinski definition) is 3. The van der Waals surface area contributed by atoms with Crippen molar-refractivity contribution in [2.75, 3.05) is 0 Å². The van der Waals surface area contributed by atoms with E-state index in [0.717, 1.165) is 33.2 Å². The predicted molar refractivity (Wildman–Crippen MR) is 168 cm³/mol. The van der Waals surface area contributed by atoms with Gasteiger partial charge in [-0.05, 0) is 55.0 Å². The molecule has 0 amide bonds. The molecule has 0 radical (unpaired) electrons. The van der Waals surface area contributed by atoms with E-state index in [9.17, 15) is 5.11 Å². The summed E-state index contributed by atoms with van der Waals surface area (Å²) in [6.07, 6.45) is 29.7. The summed E-state index contributed by atoms with van der Waals surface area (Å²) in [5, 5.41) is 19.0. The molecule has 0 heterocycles. The molecule has 40 heavy (non-hydrogen) atoms. The van der Waals surface area contributed by atoms with E-state index in [1.165, 1.54) is 140 Å². The van der Waals surface area contributed by atoms with Crippen molar-refractivity contribution in [2.24, 2.45) is 0 Å². The Balaban J connectivity index is 0.00000144. The zero-order chi connectivity index (χ0) is 29.5. The summed E-state index contributed by atoms with van der Waals surface area (Å²) in [6.45, 7) is 4.57. The maximum absolute atomic E-state index is 10.4. The topological polar surface area (TPSA) is 57.5 Å². The number of aryl methyl sites for hydroxylation is 1. The van der Waals surface area contributed by atoms with Gasteiger partial charge >= 0.3 is 23.7 Å². The molecule has 0 aromatic heterocycles. The quantitative estimate of drug-likeness (QED) is 0.106. The van der Waals surface area contributed by atoms with E-state index in [1.807, 2.05) is 18.2 Å². The van der Waals surface area contributed by atoms with Gasteiger partial charge in [-0.25, -0.2) is 0 Å². The van der Waals surface area contributed by atoms with Crippen LogP contribution < -0.4 is 0 Å². The van der Waals surface area contributed by atoms with Gasteiger partial charge < -0.3 is 10.2 Å². The fraction of sp³-hybridized carbons (Fsp3) is 0.667. The molecule has 2 aromatic carbocycles. The van der Waals surface area contributed by atoms with E-state index in [0.29, 0.717) is 11.5 Å². The molecule has 2 N–H and O–H groups in total. The molecule has 0 atom stereocenters. The molecule has 0 saturated carbocycles. The van der Waals surface area contributed by atoms with Crippen LogP contribution in [-0.2, 0) is 36.6 Å². The zero-order valence-electron chi connectivity index (χ0n) is 26.0. The number of unbranched alkanes of at least 4 members (excludes halogenated alkanes) is 18. The average Bonchev–Trinajstić information content (AvgIpc) is 2.98. The second-order valence-corrected chi connectivity index (χ2v) is 11.1. The Morgan fingerprint density at radius 1 is 0.475 bits per heavy atom. The minimum absolute atomic E-state index is 0.322. The Hall–Kier alpha value is -1.45. The summed E-state index contributed by atoms with van der Waals surface area (Å²) in [5.74, 6) is 0.850. The third-order valence-corrected chi connectivity index (χ3v) is 7.58. The third-order valence-electron chi connectivity index (χ3n) is 7.58. The van der Waals surface area contributed by atoms with E-state index in [-0.39, 0.29) is 0 Å². The second kappa shape index (κ2) is 30.5. The van der Waals surface area contributed by atoms with Gasteiger partial charge in [0.1, 0.15) is 11.5 Å². The SMILES string of the molecule is CCCCCCCCCCCCc1cccc(O)c1CCCCCCCCCCCC.Oc1ccccc1.[O]=[Ti]. The average molecular weight is 589 g/mol. The number of benzene rings is 2. The molecule has 0 aliphatic rings. The fourth-order valence-electron chi connectivity index (χ4n) is 5.16. The minimum atomic E-state index is 0.322. The molecule has 0 saturated heterocycles. The summed E-state index contributed by atoms with van der Waals surface area (Å²) in [6, 6.07) is 14.9. The molecule has 0 bridgehead atoms. The van der Waals surface area contributed by atoms with Gasteiger partial charge in [-0.2, -0.15) is 0 Å². The summed E-state index contributed by atoms with van der Waals surface area (Å²) in [5.41, 5.74) is 2.63. The van der Waals surface area contributed by atoms with Crippen LogP contribution in [0.1, 0.15) is 153 Å². The van der Waals surface area contributed by atoms with Crippen LogP contribution in [0, 0.1) is 0 Å². The van der Waals surface area contributed by atoms with Gasteiger partial charge in [-0.1, -0.05) is 160 Å². The molecule has 2 aromatic rings. The predicted octanol–water partition coefficient (Wildman–Crippen LogP) is 11.6. The van der Waals surface area contributed by atoms with E-state index in [1.54, 1.807) is 24.3 Å². The van der Waals surface area contributed by atoms with Crippen molar-refractivity contribution < 1.29 is 33.9 Å². The molecule has 0 unspecified atom stereocenters. The van der Waals surface area contributed by atoms with Gasteiger partial charge in [0.05, 0.1) is 0 Å². The summed E-state index contributed by atoms with van der Waals surface area (Å²) in [4.78, 5) is 0. The first-order valence-corrected chi connectivity index (χ1v) is 17.1. The van der Waals surface area contributed by atoms with Crippen molar-refractivity contribution in [1.82, 2.24) is 0 Å². The van der Waals surface area contributed by atoms with E-state index < -0.39 is 0 Å². The number of rotatable bonds is 22. The van der Waals surface area contributed by atoms with Crippen molar-refractivity contribution in [2.45, 2.75) is 155 Å². The molecule has 0 fully saturated rings. The molecule has 0 spiro atoms. The van der Waals surface area contributed by atoms with Gasteiger partial charge in [0.15, 0.2) is 0 Å². The van der Waals surface area contributed by atoms with Crippen LogP contribution in [0.3, 0.4) is 0 Å². The van der Waals surface area contributed by atoms with Crippen LogP contribution in [0.15, 0.2) is 48.5 Å². The third kappa shape index (κ3) is 23.3. The Kier molecular flexibility index (Phi) is 29.4. The summed E-state index contributed by atoms with van der Waals surface area (Å²) in [7, 11) is 0. The normalized spacial score (nSPS) is 10.3. The van der Waals surface area contributed by atoms with Gasteiger partial charge in [-0.3, -0.25) is 0 Å². The summed E-state index contributed by atoms with van der Waals surface area (Å²) < 4.78 is 8.25. The standard InChI is InChI=1S/C30H54O.C6H6O.O.Ti/c1-3-5-7-9-11-13-15-17-19-21-24-28-25-23-27-30(31)29(28)26-22-20-18-16-14-12-10-8-6-4-2;7-6-4-2-1-3-5-6;;/h23,25,27,31H,3-22,24,26H2,1-2H3;1-5,7H;;. The van der Waals surface area contributed by atoms with Crippen molar-refractivity contribution in [3.63, 3.8) is 0 Å². The van der Waals surface area contributed by atoms with E-state index >= 15 is 0 Å². The number of phenolic OH excluding ortho intramolecular Hbond substituents is 2. The summed E-state index contributed by atoms with van der Waals surface area (Å²) >= 11 is 0.750. The molecule has 4 heteroatoms.